The quantitative estimate of drug-likeness (QED) is 0.371. The SMILES string of the molecule is CC(=O)O[C@@H]1[C@@H](O)C[C@@]2(C)[C@H](CC[C@H](C)[C@@]23Cc2c(O)cc4c(c2O3)CN([C@@H](CCC(=O)O)C(=O)O)C4=O)C1(C)C. The standard InChI is InChI=1S/C30H39NO10/c1-14-6-8-22-28(3,4)25(40-15(2)32)21(34)12-29(22,5)30(14)11-17-20(33)10-16-18(24(17)41-30)13-31(26(16)37)19(27(38)39)7-9-23(35)36/h10,14,19,21-22,25,33-34H,6-9,11-13H2,1-5H3,(H,35,36)(H,38,39)/t14-,19-,21-,22+,25+,29-,30-/m0/s1. The second-order valence-electron chi connectivity index (χ2n) is 13.2. The van der Waals surface area contributed by atoms with Gasteiger partial charge in [0, 0.05) is 41.7 Å². The fourth-order valence-electron chi connectivity index (χ4n) is 8.75. The number of phenolic OH excluding ortho intramolecular Hbond substituents is 1. The van der Waals surface area contributed by atoms with Gasteiger partial charge in [0.2, 0.25) is 0 Å². The summed E-state index contributed by atoms with van der Waals surface area (Å²) < 4.78 is 12.6. The van der Waals surface area contributed by atoms with Gasteiger partial charge in [0.1, 0.15) is 29.2 Å². The predicted octanol–water partition coefficient (Wildman–Crippen LogP) is 3.11. The molecule has 1 amide bonds. The molecule has 2 fully saturated rings. The first-order chi connectivity index (χ1) is 19.0. The molecule has 5 rings (SSSR count). The summed E-state index contributed by atoms with van der Waals surface area (Å²) in [5, 5.41) is 41.4. The highest BCUT2D eigenvalue weighted by atomic mass is 16.6. The number of aliphatic hydroxyl groups is 1. The molecule has 7 atom stereocenters. The first-order valence-electron chi connectivity index (χ1n) is 14.2. The number of hydrogen-bond donors (Lipinski definition) is 4. The lowest BCUT2D eigenvalue weighted by atomic mass is 9.43. The zero-order chi connectivity index (χ0) is 30.2. The van der Waals surface area contributed by atoms with Crippen LogP contribution >= 0.6 is 0 Å². The molecule has 1 spiro atoms. The number of fused-ring (bicyclic) bond motifs is 5. The lowest BCUT2D eigenvalue weighted by Gasteiger charge is -2.65. The van der Waals surface area contributed by atoms with E-state index < -0.39 is 64.9 Å². The van der Waals surface area contributed by atoms with Gasteiger partial charge in [0.05, 0.1) is 18.2 Å². The number of aromatic hydroxyl groups is 1. The van der Waals surface area contributed by atoms with E-state index >= 15 is 0 Å². The normalized spacial score (nSPS) is 33.9. The molecule has 4 aliphatic rings. The van der Waals surface area contributed by atoms with Crippen molar-refractivity contribution in [3.05, 3.63) is 22.8 Å². The number of esters is 1. The Bertz CT molecular complexity index is 1320. The van der Waals surface area contributed by atoms with E-state index in [0.717, 1.165) is 17.7 Å². The minimum atomic E-state index is -1.35. The van der Waals surface area contributed by atoms with Crippen LogP contribution in [0.25, 0.3) is 0 Å². The van der Waals surface area contributed by atoms with Crippen LogP contribution in [0.3, 0.4) is 0 Å². The molecule has 0 unspecified atom stereocenters. The molecular formula is C30H39NO10. The second-order valence-corrected chi connectivity index (χ2v) is 13.2. The minimum Gasteiger partial charge on any atom is -0.508 e. The molecule has 2 heterocycles. The fourth-order valence-corrected chi connectivity index (χ4v) is 8.75. The number of carboxylic acids is 2. The highest BCUT2D eigenvalue weighted by Gasteiger charge is 2.69. The molecule has 0 aromatic heterocycles. The van der Waals surface area contributed by atoms with Crippen LogP contribution in [0.2, 0.25) is 0 Å². The number of carbonyl (C=O) groups excluding carboxylic acids is 2. The van der Waals surface area contributed by atoms with Gasteiger partial charge in [-0.2, -0.15) is 0 Å². The van der Waals surface area contributed by atoms with E-state index in [1.165, 1.54) is 13.0 Å². The Balaban J connectivity index is 1.55. The van der Waals surface area contributed by atoms with Crippen molar-refractivity contribution in [1.29, 1.82) is 0 Å². The molecule has 2 aliphatic carbocycles. The molecule has 2 aliphatic heterocycles. The lowest BCUT2D eigenvalue weighted by Crippen LogP contribution is -2.69. The van der Waals surface area contributed by atoms with Crippen molar-refractivity contribution in [3.8, 4) is 11.5 Å². The van der Waals surface area contributed by atoms with Crippen LogP contribution in [-0.4, -0.2) is 73.0 Å². The average Bonchev–Trinajstić information content (AvgIpc) is 3.41. The number of carbonyl (C=O) groups is 4. The van der Waals surface area contributed by atoms with Crippen molar-refractivity contribution in [2.45, 2.75) is 104 Å². The molecule has 1 aromatic carbocycles. The summed E-state index contributed by atoms with van der Waals surface area (Å²) in [7, 11) is 0. The number of aliphatic carboxylic acids is 2. The van der Waals surface area contributed by atoms with E-state index in [1.54, 1.807) is 0 Å². The molecule has 2 saturated carbocycles. The maximum atomic E-state index is 13.4. The number of aliphatic hydroxyl groups excluding tert-OH is 1. The predicted molar refractivity (Wildman–Crippen MR) is 143 cm³/mol. The highest BCUT2D eigenvalue weighted by molar-refractivity contribution is 6.02. The average molecular weight is 574 g/mol. The molecule has 224 valence electrons. The van der Waals surface area contributed by atoms with Crippen LogP contribution in [0.5, 0.6) is 11.5 Å². The van der Waals surface area contributed by atoms with Crippen LogP contribution in [0.15, 0.2) is 6.07 Å². The van der Waals surface area contributed by atoms with Gasteiger partial charge in [-0.15, -0.1) is 0 Å². The first kappa shape index (κ1) is 29.2. The van der Waals surface area contributed by atoms with Gasteiger partial charge in [-0.05, 0) is 43.6 Å². The number of ether oxygens (including phenoxy) is 2. The number of benzene rings is 1. The Morgan fingerprint density at radius 1 is 1.17 bits per heavy atom. The summed E-state index contributed by atoms with van der Waals surface area (Å²) in [6.45, 7) is 9.45. The van der Waals surface area contributed by atoms with Crippen molar-refractivity contribution in [1.82, 2.24) is 4.90 Å². The largest absolute Gasteiger partial charge is 0.508 e. The van der Waals surface area contributed by atoms with Crippen LogP contribution in [-0.2, 0) is 32.1 Å². The molecule has 0 radical (unpaired) electrons. The molecule has 0 bridgehead atoms. The van der Waals surface area contributed by atoms with E-state index in [4.69, 9.17) is 14.6 Å². The number of nitrogens with zero attached hydrogens (tertiary/aromatic N) is 1. The molecule has 11 heteroatoms. The fraction of sp³-hybridized carbons (Fsp3) is 0.667. The summed E-state index contributed by atoms with van der Waals surface area (Å²) in [5.41, 5.74) is -0.874. The number of amides is 1. The third-order valence-electron chi connectivity index (χ3n) is 10.6. The van der Waals surface area contributed by atoms with E-state index in [9.17, 15) is 34.5 Å². The van der Waals surface area contributed by atoms with E-state index in [2.05, 4.69) is 13.8 Å². The molecule has 11 nitrogen and oxygen atoms in total. The molecule has 4 N–H and O–H groups in total. The van der Waals surface area contributed by atoms with Gasteiger partial charge in [0.15, 0.2) is 0 Å². The maximum absolute atomic E-state index is 13.4. The highest BCUT2D eigenvalue weighted by Crippen LogP contribution is 2.67. The zero-order valence-corrected chi connectivity index (χ0v) is 24.1. The second kappa shape index (κ2) is 9.61. The summed E-state index contributed by atoms with van der Waals surface area (Å²) >= 11 is 0. The van der Waals surface area contributed by atoms with Crippen molar-refractivity contribution in [2.24, 2.45) is 22.7 Å². The minimum absolute atomic E-state index is 0.00556. The van der Waals surface area contributed by atoms with Crippen LogP contribution in [0.1, 0.15) is 88.2 Å². The number of rotatable bonds is 6. The molecule has 1 aromatic rings. The lowest BCUT2D eigenvalue weighted by molar-refractivity contribution is -0.246. The summed E-state index contributed by atoms with van der Waals surface area (Å²) in [6, 6.07) is 0.0146. The third kappa shape index (κ3) is 4.18. The van der Waals surface area contributed by atoms with Crippen molar-refractivity contribution in [2.75, 3.05) is 0 Å². The van der Waals surface area contributed by atoms with Crippen molar-refractivity contribution in [3.63, 3.8) is 0 Å². The Hall–Kier alpha value is -3.34. The number of carboxylic acid groups (broad SMARTS) is 2. The van der Waals surface area contributed by atoms with E-state index in [-0.39, 0.29) is 36.1 Å². The first-order valence-corrected chi connectivity index (χ1v) is 14.2. The van der Waals surface area contributed by atoms with Crippen LogP contribution in [0.4, 0.5) is 0 Å². The van der Waals surface area contributed by atoms with E-state index in [0.29, 0.717) is 29.7 Å². The number of phenols is 1. The van der Waals surface area contributed by atoms with Gasteiger partial charge in [-0.25, -0.2) is 4.79 Å². The Morgan fingerprint density at radius 3 is 2.46 bits per heavy atom. The summed E-state index contributed by atoms with van der Waals surface area (Å²) in [6.07, 6.45) is -0.0166. The van der Waals surface area contributed by atoms with Gasteiger partial charge >= 0.3 is 17.9 Å². The van der Waals surface area contributed by atoms with Crippen LogP contribution < -0.4 is 4.74 Å². The molecule has 0 saturated heterocycles. The monoisotopic (exact) mass is 573 g/mol. The molecule has 41 heavy (non-hydrogen) atoms. The Labute approximate surface area is 238 Å². The molecular weight excluding hydrogens is 534 g/mol. The zero-order valence-electron chi connectivity index (χ0n) is 24.1. The van der Waals surface area contributed by atoms with Gasteiger partial charge in [-0.3, -0.25) is 14.4 Å². The Kier molecular flexibility index (Phi) is 6.83. The number of hydrogen-bond acceptors (Lipinski definition) is 8. The van der Waals surface area contributed by atoms with Gasteiger partial charge in [0.25, 0.3) is 5.91 Å². The topological polar surface area (TPSA) is 171 Å². The van der Waals surface area contributed by atoms with Gasteiger partial charge in [-0.1, -0.05) is 27.7 Å². The summed E-state index contributed by atoms with van der Waals surface area (Å²) in [4.78, 5) is 49.6. The third-order valence-corrected chi connectivity index (χ3v) is 10.6. The smallest absolute Gasteiger partial charge is 0.326 e. The van der Waals surface area contributed by atoms with Crippen molar-refractivity contribution < 1.29 is 49.1 Å². The van der Waals surface area contributed by atoms with Crippen molar-refractivity contribution >= 4 is 23.8 Å². The summed E-state index contributed by atoms with van der Waals surface area (Å²) in [5.74, 6) is -3.26. The van der Waals surface area contributed by atoms with E-state index in [1.807, 2.05) is 13.8 Å². The maximum Gasteiger partial charge on any atom is 0.326 e. The van der Waals surface area contributed by atoms with Crippen LogP contribution in [0, 0.1) is 22.7 Å². The Morgan fingerprint density at radius 2 is 1.85 bits per heavy atom. The van der Waals surface area contributed by atoms with Gasteiger partial charge < -0.3 is 34.8 Å².